The molecule has 1 atom stereocenters. The summed E-state index contributed by atoms with van der Waals surface area (Å²) in [6, 6.07) is 6.53. The maximum atomic E-state index is 13.1. The zero-order valence-electron chi connectivity index (χ0n) is 16.5. The predicted molar refractivity (Wildman–Crippen MR) is 122 cm³/mol. The Bertz CT molecular complexity index is 949. The number of thioether (sulfide) groups is 1. The summed E-state index contributed by atoms with van der Waals surface area (Å²) in [6.45, 7) is 0. The Hall–Kier alpha value is -2.26. The zero-order chi connectivity index (χ0) is 21.1. The second kappa shape index (κ2) is 9.26. The van der Waals surface area contributed by atoms with E-state index in [0.717, 1.165) is 31.4 Å². The molecule has 2 aliphatic rings. The summed E-state index contributed by atoms with van der Waals surface area (Å²) in [4.78, 5) is 30.5. The molecule has 158 valence electrons. The van der Waals surface area contributed by atoms with Gasteiger partial charge < -0.3 is 9.47 Å². The Morgan fingerprint density at radius 1 is 1.13 bits per heavy atom. The summed E-state index contributed by atoms with van der Waals surface area (Å²) < 4.78 is 1.62. The van der Waals surface area contributed by atoms with E-state index in [-0.39, 0.29) is 22.3 Å². The average Bonchev–Trinajstić information content (AvgIpc) is 3.27. The van der Waals surface area contributed by atoms with E-state index < -0.39 is 4.92 Å². The van der Waals surface area contributed by atoms with Crippen LogP contribution in [-0.4, -0.2) is 36.0 Å². The highest BCUT2D eigenvalue weighted by Crippen LogP contribution is 2.41. The lowest BCUT2D eigenvalue weighted by Gasteiger charge is -2.31. The molecule has 1 aromatic carbocycles. The van der Waals surface area contributed by atoms with Crippen molar-refractivity contribution in [1.82, 2.24) is 14.5 Å². The number of carbonyl (C=O) groups excluding carboxylic acids is 1. The normalized spacial score (nSPS) is 22.3. The van der Waals surface area contributed by atoms with E-state index in [1.165, 1.54) is 43.2 Å². The van der Waals surface area contributed by atoms with E-state index in [9.17, 15) is 14.9 Å². The first-order valence-electron chi connectivity index (χ1n) is 10.2. The number of benzene rings is 1. The van der Waals surface area contributed by atoms with Gasteiger partial charge in [0, 0.05) is 30.1 Å². The smallest absolute Gasteiger partial charge is 0.269 e. The SMILES string of the molecule is O=C1/C(=C/c2cn(-c3ccc([N+](=O)[O-])cc3)cn2)SC(S)N1C1CCCCCCC1. The van der Waals surface area contributed by atoms with Gasteiger partial charge in [0.2, 0.25) is 0 Å². The van der Waals surface area contributed by atoms with Crippen molar-refractivity contribution < 1.29 is 9.72 Å². The highest BCUT2D eigenvalue weighted by atomic mass is 32.2. The van der Waals surface area contributed by atoms with E-state index in [1.807, 2.05) is 11.1 Å². The lowest BCUT2D eigenvalue weighted by Crippen LogP contribution is -2.40. The maximum Gasteiger partial charge on any atom is 0.269 e. The van der Waals surface area contributed by atoms with Crippen LogP contribution >= 0.6 is 24.4 Å². The monoisotopic (exact) mass is 444 g/mol. The first-order chi connectivity index (χ1) is 14.5. The number of imidazole rings is 1. The Kier molecular flexibility index (Phi) is 6.48. The standard InChI is InChI=1S/C21H24N4O3S2/c26-20-19(30-21(29)24(20)17-6-4-2-1-3-5-7-17)12-15-13-23(14-22-15)16-8-10-18(11-9-16)25(27)28/h8-14,17,21,29H,1-7H2/b19-12-. The van der Waals surface area contributed by atoms with Gasteiger partial charge in [-0.2, -0.15) is 0 Å². The van der Waals surface area contributed by atoms with Crippen LogP contribution in [0.5, 0.6) is 0 Å². The molecule has 2 heterocycles. The Morgan fingerprint density at radius 2 is 1.80 bits per heavy atom. The number of aromatic nitrogens is 2. The van der Waals surface area contributed by atoms with Gasteiger partial charge in [-0.15, -0.1) is 12.6 Å². The molecule has 1 aromatic heterocycles. The fourth-order valence-electron chi connectivity index (χ4n) is 4.04. The quantitative estimate of drug-likeness (QED) is 0.310. The highest BCUT2D eigenvalue weighted by Gasteiger charge is 2.38. The number of hydrogen-bond acceptors (Lipinski definition) is 6. The van der Waals surface area contributed by atoms with Crippen LogP contribution in [0.15, 0.2) is 41.7 Å². The molecule has 0 N–H and O–H groups in total. The van der Waals surface area contributed by atoms with Gasteiger partial charge in [0.05, 0.1) is 21.8 Å². The molecule has 0 bridgehead atoms. The van der Waals surface area contributed by atoms with Crippen LogP contribution in [0, 0.1) is 10.1 Å². The molecule has 1 amide bonds. The molecule has 30 heavy (non-hydrogen) atoms. The van der Waals surface area contributed by atoms with Crippen LogP contribution in [0.3, 0.4) is 0 Å². The molecular weight excluding hydrogens is 420 g/mol. The van der Waals surface area contributed by atoms with E-state index in [0.29, 0.717) is 10.6 Å². The molecule has 0 radical (unpaired) electrons. The second-order valence-corrected chi connectivity index (χ2v) is 9.60. The third-order valence-corrected chi connectivity index (χ3v) is 7.17. The molecule has 9 heteroatoms. The number of nitro benzene ring substituents is 1. The predicted octanol–water partition coefficient (Wildman–Crippen LogP) is 5.02. The zero-order valence-corrected chi connectivity index (χ0v) is 18.2. The molecule has 0 spiro atoms. The van der Waals surface area contributed by atoms with E-state index in [4.69, 9.17) is 0 Å². The minimum absolute atomic E-state index is 0.0375. The van der Waals surface area contributed by atoms with E-state index in [2.05, 4.69) is 17.6 Å². The number of carbonyl (C=O) groups is 1. The number of hydrogen-bond donors (Lipinski definition) is 1. The van der Waals surface area contributed by atoms with Gasteiger partial charge in [0.1, 0.15) is 4.71 Å². The number of thiol groups is 1. The molecule has 1 aliphatic heterocycles. The third kappa shape index (κ3) is 4.57. The molecular formula is C21H24N4O3S2. The van der Waals surface area contributed by atoms with Crippen LogP contribution in [0.1, 0.15) is 50.6 Å². The van der Waals surface area contributed by atoms with Gasteiger partial charge in [-0.05, 0) is 31.1 Å². The molecule has 1 aliphatic carbocycles. The van der Waals surface area contributed by atoms with Crippen LogP contribution in [-0.2, 0) is 4.79 Å². The Balaban J connectivity index is 1.49. The molecule has 1 saturated carbocycles. The lowest BCUT2D eigenvalue weighted by atomic mass is 9.96. The van der Waals surface area contributed by atoms with Gasteiger partial charge >= 0.3 is 0 Å². The molecule has 1 unspecified atom stereocenters. The summed E-state index contributed by atoms with van der Waals surface area (Å²) in [5.41, 5.74) is 1.49. The minimum Gasteiger partial charge on any atom is -0.314 e. The molecule has 1 saturated heterocycles. The number of nitrogens with zero attached hydrogens (tertiary/aromatic N) is 4. The fourth-order valence-corrected chi connectivity index (χ4v) is 5.68. The lowest BCUT2D eigenvalue weighted by molar-refractivity contribution is -0.384. The van der Waals surface area contributed by atoms with E-state index >= 15 is 0 Å². The first-order valence-corrected chi connectivity index (χ1v) is 11.6. The van der Waals surface area contributed by atoms with Crippen LogP contribution in [0.25, 0.3) is 11.8 Å². The van der Waals surface area contributed by atoms with Crippen molar-refractivity contribution in [3.63, 3.8) is 0 Å². The van der Waals surface area contributed by atoms with Crippen molar-refractivity contribution in [3.05, 3.63) is 57.5 Å². The second-order valence-electron chi connectivity index (χ2n) is 7.64. The van der Waals surface area contributed by atoms with Gasteiger partial charge in [-0.1, -0.05) is 43.9 Å². The molecule has 7 nitrogen and oxygen atoms in total. The molecule has 2 aromatic rings. The van der Waals surface area contributed by atoms with Gasteiger partial charge in [-0.3, -0.25) is 14.9 Å². The number of nitro groups is 1. The minimum atomic E-state index is -0.424. The summed E-state index contributed by atoms with van der Waals surface area (Å²) >= 11 is 6.15. The fraction of sp³-hybridized carbons (Fsp3) is 0.429. The average molecular weight is 445 g/mol. The molecule has 4 rings (SSSR count). The van der Waals surface area contributed by atoms with Crippen LogP contribution in [0.4, 0.5) is 5.69 Å². The van der Waals surface area contributed by atoms with Crippen molar-refractivity contribution in [2.45, 2.75) is 55.7 Å². The summed E-state index contributed by atoms with van der Waals surface area (Å²) in [5.74, 6) is 0.0375. The first kappa shape index (κ1) is 21.0. The summed E-state index contributed by atoms with van der Waals surface area (Å²) in [7, 11) is 0. The summed E-state index contributed by atoms with van der Waals surface area (Å²) in [6.07, 6.45) is 13.5. The number of rotatable bonds is 4. The molecule has 2 fully saturated rings. The van der Waals surface area contributed by atoms with Crippen molar-refractivity contribution in [2.75, 3.05) is 0 Å². The Morgan fingerprint density at radius 3 is 2.47 bits per heavy atom. The van der Waals surface area contributed by atoms with Gasteiger partial charge in [0.15, 0.2) is 0 Å². The van der Waals surface area contributed by atoms with Gasteiger partial charge in [0.25, 0.3) is 11.6 Å². The van der Waals surface area contributed by atoms with Crippen molar-refractivity contribution >= 4 is 42.1 Å². The summed E-state index contributed by atoms with van der Waals surface area (Å²) in [5, 5.41) is 10.8. The van der Waals surface area contributed by atoms with E-state index in [1.54, 1.807) is 29.1 Å². The number of non-ortho nitro benzene ring substituents is 1. The van der Waals surface area contributed by atoms with Crippen LogP contribution < -0.4 is 0 Å². The Labute approximate surface area is 185 Å². The maximum absolute atomic E-state index is 13.1. The van der Waals surface area contributed by atoms with Crippen LogP contribution in [0.2, 0.25) is 0 Å². The van der Waals surface area contributed by atoms with Crippen molar-refractivity contribution in [3.8, 4) is 5.69 Å². The van der Waals surface area contributed by atoms with Crippen molar-refractivity contribution in [2.24, 2.45) is 0 Å². The number of amides is 1. The van der Waals surface area contributed by atoms with Crippen molar-refractivity contribution in [1.29, 1.82) is 0 Å². The topological polar surface area (TPSA) is 81.3 Å². The van der Waals surface area contributed by atoms with Gasteiger partial charge in [-0.25, -0.2) is 4.98 Å². The third-order valence-electron chi connectivity index (χ3n) is 5.62. The highest BCUT2D eigenvalue weighted by molar-refractivity contribution is 8.14. The largest absolute Gasteiger partial charge is 0.314 e.